The van der Waals surface area contributed by atoms with Gasteiger partial charge in [0.05, 0.1) is 11.4 Å². The van der Waals surface area contributed by atoms with E-state index in [0.717, 1.165) is 42.2 Å². The van der Waals surface area contributed by atoms with Gasteiger partial charge in [-0.1, -0.05) is 18.1 Å². The molecule has 4 heteroatoms. The Kier molecular flexibility index (Phi) is 4.10. The van der Waals surface area contributed by atoms with Gasteiger partial charge in [0.1, 0.15) is 5.76 Å². The van der Waals surface area contributed by atoms with Crippen LogP contribution < -0.4 is 5.32 Å². The zero-order valence-electron chi connectivity index (χ0n) is 11.2. The molecule has 0 atom stereocenters. The maximum Gasteiger partial charge on any atom is 0.138 e. The Balaban J connectivity index is 1.96. The van der Waals surface area contributed by atoms with E-state index in [9.17, 15) is 0 Å². The van der Waals surface area contributed by atoms with Gasteiger partial charge < -0.3 is 9.84 Å². The molecule has 0 aromatic carbocycles. The number of nitrogens with one attached hydrogen (secondary N) is 1. The number of nitrogens with zero attached hydrogens (tertiary/aromatic N) is 2. The lowest BCUT2D eigenvalue weighted by Gasteiger charge is -2.07. The standard InChI is InChI=1S/C14H19N3O/c1-4-12-6-5-7-16-14(12)9-15-8-13-10(2)17-18-11(13)3/h5-7,15H,4,8-9H2,1-3H3. The maximum atomic E-state index is 5.14. The molecule has 1 N–H and O–H groups in total. The minimum Gasteiger partial charge on any atom is -0.361 e. The Labute approximate surface area is 107 Å². The Hall–Kier alpha value is -1.68. The lowest BCUT2D eigenvalue weighted by molar-refractivity contribution is 0.392. The van der Waals surface area contributed by atoms with Gasteiger partial charge in [-0.15, -0.1) is 0 Å². The fourth-order valence-electron chi connectivity index (χ4n) is 2.01. The number of hydrogen-bond acceptors (Lipinski definition) is 4. The number of pyridine rings is 1. The van der Waals surface area contributed by atoms with Crippen molar-refractivity contribution in [2.24, 2.45) is 0 Å². The SMILES string of the molecule is CCc1cccnc1CNCc1c(C)noc1C. The van der Waals surface area contributed by atoms with Crippen molar-refractivity contribution in [3.05, 3.63) is 46.6 Å². The molecule has 96 valence electrons. The molecule has 2 rings (SSSR count). The van der Waals surface area contributed by atoms with Gasteiger partial charge in [-0.05, 0) is 31.9 Å². The molecule has 0 bridgehead atoms. The highest BCUT2D eigenvalue weighted by molar-refractivity contribution is 5.22. The Morgan fingerprint density at radius 1 is 1.28 bits per heavy atom. The van der Waals surface area contributed by atoms with E-state index in [1.165, 1.54) is 5.56 Å². The molecule has 0 fully saturated rings. The van der Waals surface area contributed by atoms with Crippen molar-refractivity contribution in [2.75, 3.05) is 0 Å². The summed E-state index contributed by atoms with van der Waals surface area (Å²) < 4.78 is 5.14. The molecule has 0 saturated carbocycles. The van der Waals surface area contributed by atoms with Gasteiger partial charge in [-0.25, -0.2) is 0 Å². The first-order valence-electron chi connectivity index (χ1n) is 6.27. The molecule has 0 spiro atoms. The molecular weight excluding hydrogens is 226 g/mol. The van der Waals surface area contributed by atoms with Crippen LogP contribution in [-0.4, -0.2) is 10.1 Å². The summed E-state index contributed by atoms with van der Waals surface area (Å²) in [6.07, 6.45) is 2.85. The fourth-order valence-corrected chi connectivity index (χ4v) is 2.01. The van der Waals surface area contributed by atoms with E-state index in [1.54, 1.807) is 0 Å². The van der Waals surface area contributed by atoms with Crippen molar-refractivity contribution in [3.8, 4) is 0 Å². The van der Waals surface area contributed by atoms with Crippen molar-refractivity contribution < 1.29 is 4.52 Å². The van der Waals surface area contributed by atoms with Crippen LogP contribution in [-0.2, 0) is 19.5 Å². The summed E-state index contributed by atoms with van der Waals surface area (Å²) in [5, 5.41) is 7.34. The van der Waals surface area contributed by atoms with Crippen LogP contribution in [0, 0.1) is 13.8 Å². The third kappa shape index (κ3) is 2.76. The van der Waals surface area contributed by atoms with Crippen molar-refractivity contribution in [2.45, 2.75) is 40.3 Å². The van der Waals surface area contributed by atoms with Gasteiger partial charge in [0.25, 0.3) is 0 Å². The van der Waals surface area contributed by atoms with E-state index in [2.05, 4.69) is 28.4 Å². The summed E-state index contributed by atoms with van der Waals surface area (Å²) in [4.78, 5) is 4.41. The van der Waals surface area contributed by atoms with Crippen LogP contribution in [0.4, 0.5) is 0 Å². The molecule has 0 unspecified atom stereocenters. The summed E-state index contributed by atoms with van der Waals surface area (Å²) in [6.45, 7) is 7.59. The fraction of sp³-hybridized carbons (Fsp3) is 0.429. The van der Waals surface area contributed by atoms with E-state index in [0.29, 0.717) is 0 Å². The van der Waals surface area contributed by atoms with Crippen LogP contribution >= 0.6 is 0 Å². The average molecular weight is 245 g/mol. The van der Waals surface area contributed by atoms with Gasteiger partial charge in [-0.2, -0.15) is 0 Å². The molecule has 0 radical (unpaired) electrons. The average Bonchev–Trinajstić information content (AvgIpc) is 2.71. The van der Waals surface area contributed by atoms with Crippen LogP contribution in [0.15, 0.2) is 22.9 Å². The Bertz CT molecular complexity index is 500. The Morgan fingerprint density at radius 3 is 2.78 bits per heavy atom. The molecule has 4 nitrogen and oxygen atoms in total. The second-order valence-corrected chi connectivity index (χ2v) is 4.37. The van der Waals surface area contributed by atoms with Crippen LogP contribution in [0.1, 0.15) is 35.2 Å². The van der Waals surface area contributed by atoms with Crippen molar-refractivity contribution in [1.82, 2.24) is 15.5 Å². The normalized spacial score (nSPS) is 10.8. The summed E-state index contributed by atoms with van der Waals surface area (Å²) in [5.74, 6) is 0.886. The van der Waals surface area contributed by atoms with Gasteiger partial charge in [-0.3, -0.25) is 4.98 Å². The smallest absolute Gasteiger partial charge is 0.138 e. The highest BCUT2D eigenvalue weighted by atomic mass is 16.5. The number of rotatable bonds is 5. The minimum absolute atomic E-state index is 0.765. The van der Waals surface area contributed by atoms with Crippen molar-refractivity contribution >= 4 is 0 Å². The second-order valence-electron chi connectivity index (χ2n) is 4.37. The van der Waals surface area contributed by atoms with E-state index in [4.69, 9.17) is 4.52 Å². The molecule has 0 aliphatic carbocycles. The third-order valence-corrected chi connectivity index (χ3v) is 3.14. The van der Waals surface area contributed by atoms with Gasteiger partial charge in [0.15, 0.2) is 0 Å². The van der Waals surface area contributed by atoms with Crippen LogP contribution in [0.2, 0.25) is 0 Å². The maximum absolute atomic E-state index is 5.14. The molecule has 18 heavy (non-hydrogen) atoms. The predicted octanol–water partition coefficient (Wildman–Crippen LogP) is 2.54. The van der Waals surface area contributed by atoms with Crippen molar-refractivity contribution in [3.63, 3.8) is 0 Å². The van der Waals surface area contributed by atoms with Crippen LogP contribution in [0.3, 0.4) is 0 Å². The zero-order valence-corrected chi connectivity index (χ0v) is 11.2. The molecule has 2 heterocycles. The number of hydrogen-bond donors (Lipinski definition) is 1. The first-order valence-corrected chi connectivity index (χ1v) is 6.27. The second kappa shape index (κ2) is 5.78. The predicted molar refractivity (Wildman–Crippen MR) is 70.1 cm³/mol. The highest BCUT2D eigenvalue weighted by Crippen LogP contribution is 2.12. The summed E-state index contributed by atoms with van der Waals surface area (Å²) in [6, 6.07) is 4.11. The molecule has 0 saturated heterocycles. The van der Waals surface area contributed by atoms with Crippen molar-refractivity contribution in [1.29, 1.82) is 0 Å². The largest absolute Gasteiger partial charge is 0.361 e. The third-order valence-electron chi connectivity index (χ3n) is 3.14. The molecule has 0 amide bonds. The molecule has 2 aromatic rings. The lowest BCUT2D eigenvalue weighted by Crippen LogP contribution is -2.15. The Morgan fingerprint density at radius 2 is 2.11 bits per heavy atom. The molecule has 2 aromatic heterocycles. The highest BCUT2D eigenvalue weighted by Gasteiger charge is 2.08. The summed E-state index contributed by atoms with van der Waals surface area (Å²) >= 11 is 0. The number of aryl methyl sites for hydroxylation is 3. The number of aromatic nitrogens is 2. The van der Waals surface area contributed by atoms with Gasteiger partial charge in [0, 0.05) is 24.8 Å². The minimum atomic E-state index is 0.765. The molecular formula is C14H19N3O. The summed E-state index contributed by atoms with van der Waals surface area (Å²) in [7, 11) is 0. The monoisotopic (exact) mass is 245 g/mol. The van der Waals surface area contributed by atoms with E-state index >= 15 is 0 Å². The lowest BCUT2D eigenvalue weighted by atomic mass is 10.1. The quantitative estimate of drug-likeness (QED) is 0.879. The topological polar surface area (TPSA) is 51.0 Å². The first-order chi connectivity index (χ1) is 8.72. The summed E-state index contributed by atoms with van der Waals surface area (Å²) in [5.41, 5.74) is 4.51. The van der Waals surface area contributed by atoms with E-state index in [-0.39, 0.29) is 0 Å². The van der Waals surface area contributed by atoms with Gasteiger partial charge in [0.2, 0.25) is 0 Å². The zero-order chi connectivity index (χ0) is 13.0. The molecule has 0 aliphatic heterocycles. The molecule has 0 aliphatic rings. The van der Waals surface area contributed by atoms with Crippen LogP contribution in [0.5, 0.6) is 0 Å². The van der Waals surface area contributed by atoms with Crippen LogP contribution in [0.25, 0.3) is 0 Å². The van der Waals surface area contributed by atoms with Gasteiger partial charge >= 0.3 is 0 Å². The first kappa shape index (κ1) is 12.8. The van der Waals surface area contributed by atoms with E-state index < -0.39 is 0 Å². The van der Waals surface area contributed by atoms with E-state index in [1.807, 2.05) is 26.1 Å².